The van der Waals surface area contributed by atoms with E-state index < -0.39 is 0 Å². The topological polar surface area (TPSA) is 55.8 Å². The largest absolute Gasteiger partial charge is 0.464 e. The molecule has 0 spiro atoms. The van der Waals surface area contributed by atoms with Gasteiger partial charge in [0.25, 0.3) is 0 Å². The molecule has 0 aromatic heterocycles. The standard InChI is InChI=1S/C10H20O4/c1-9(2)7-14-10(12)8-13-6-4-3-5-11/h9,11H,3-8H2,1-2H3. The maximum absolute atomic E-state index is 11.0. The number of ether oxygens (including phenoxy) is 2. The highest BCUT2D eigenvalue weighted by Crippen LogP contribution is 1.94. The van der Waals surface area contributed by atoms with E-state index in [1.807, 2.05) is 13.8 Å². The van der Waals surface area contributed by atoms with Crippen molar-refractivity contribution in [1.29, 1.82) is 0 Å². The molecule has 0 atom stereocenters. The van der Waals surface area contributed by atoms with E-state index in [1.54, 1.807) is 0 Å². The van der Waals surface area contributed by atoms with Crippen molar-refractivity contribution < 1.29 is 19.4 Å². The van der Waals surface area contributed by atoms with Gasteiger partial charge in [0.15, 0.2) is 0 Å². The fourth-order valence-corrected chi connectivity index (χ4v) is 0.773. The molecule has 84 valence electrons. The van der Waals surface area contributed by atoms with Gasteiger partial charge in [-0.15, -0.1) is 0 Å². The van der Waals surface area contributed by atoms with Crippen LogP contribution >= 0.6 is 0 Å². The molecule has 0 saturated heterocycles. The highest BCUT2D eigenvalue weighted by Gasteiger charge is 2.03. The molecular formula is C10H20O4. The molecule has 0 rings (SSSR count). The predicted octanol–water partition coefficient (Wildman–Crippen LogP) is 0.975. The van der Waals surface area contributed by atoms with Crippen LogP contribution in [0.15, 0.2) is 0 Å². The van der Waals surface area contributed by atoms with Crippen LogP contribution in [0.2, 0.25) is 0 Å². The van der Waals surface area contributed by atoms with Crippen LogP contribution in [0.1, 0.15) is 26.7 Å². The summed E-state index contributed by atoms with van der Waals surface area (Å²) in [4.78, 5) is 11.0. The van der Waals surface area contributed by atoms with Crippen LogP contribution in [-0.2, 0) is 14.3 Å². The molecule has 0 fully saturated rings. The Morgan fingerprint density at radius 1 is 1.36 bits per heavy atom. The van der Waals surface area contributed by atoms with Crippen molar-refractivity contribution in [3.05, 3.63) is 0 Å². The SMILES string of the molecule is CC(C)COC(=O)COCCCCO. The molecule has 0 saturated carbocycles. The quantitative estimate of drug-likeness (QED) is 0.473. The molecule has 0 amide bonds. The Balaban J connectivity index is 3.18. The molecule has 0 aromatic carbocycles. The van der Waals surface area contributed by atoms with Crippen molar-refractivity contribution in [2.45, 2.75) is 26.7 Å². The molecule has 0 radical (unpaired) electrons. The maximum atomic E-state index is 11.0. The van der Waals surface area contributed by atoms with E-state index in [2.05, 4.69) is 0 Å². The zero-order valence-electron chi connectivity index (χ0n) is 8.99. The summed E-state index contributed by atoms with van der Waals surface area (Å²) in [5, 5.41) is 8.47. The number of unbranched alkanes of at least 4 members (excludes halogenated alkanes) is 1. The summed E-state index contributed by atoms with van der Waals surface area (Å²) in [5.74, 6) is 0.0380. The summed E-state index contributed by atoms with van der Waals surface area (Å²) >= 11 is 0. The van der Waals surface area contributed by atoms with E-state index in [1.165, 1.54) is 0 Å². The number of esters is 1. The fourth-order valence-electron chi connectivity index (χ4n) is 0.773. The van der Waals surface area contributed by atoms with Crippen LogP contribution in [0, 0.1) is 5.92 Å². The summed E-state index contributed by atoms with van der Waals surface area (Å²) in [6, 6.07) is 0. The van der Waals surface area contributed by atoms with Crippen molar-refractivity contribution in [2.24, 2.45) is 5.92 Å². The number of aliphatic hydroxyl groups is 1. The normalized spacial score (nSPS) is 10.6. The highest BCUT2D eigenvalue weighted by atomic mass is 16.6. The van der Waals surface area contributed by atoms with Gasteiger partial charge in [0.1, 0.15) is 6.61 Å². The van der Waals surface area contributed by atoms with E-state index in [0.717, 1.165) is 6.42 Å². The zero-order valence-corrected chi connectivity index (χ0v) is 8.99. The van der Waals surface area contributed by atoms with E-state index >= 15 is 0 Å². The monoisotopic (exact) mass is 204 g/mol. The number of hydrogen-bond donors (Lipinski definition) is 1. The zero-order chi connectivity index (χ0) is 10.8. The first-order valence-corrected chi connectivity index (χ1v) is 5.01. The minimum absolute atomic E-state index is 0.0121. The minimum Gasteiger partial charge on any atom is -0.464 e. The van der Waals surface area contributed by atoms with Crippen LogP contribution in [0.5, 0.6) is 0 Å². The molecule has 0 aliphatic heterocycles. The van der Waals surface area contributed by atoms with Crippen LogP contribution in [-0.4, -0.2) is 37.5 Å². The minimum atomic E-state index is -0.317. The Morgan fingerprint density at radius 3 is 2.64 bits per heavy atom. The van der Waals surface area contributed by atoms with Crippen LogP contribution in [0.25, 0.3) is 0 Å². The smallest absolute Gasteiger partial charge is 0.332 e. The number of rotatable bonds is 8. The molecule has 0 heterocycles. The van der Waals surface area contributed by atoms with Gasteiger partial charge in [0.05, 0.1) is 6.61 Å². The molecule has 1 N–H and O–H groups in total. The van der Waals surface area contributed by atoms with Crippen molar-refractivity contribution >= 4 is 5.97 Å². The van der Waals surface area contributed by atoms with Gasteiger partial charge in [0, 0.05) is 13.2 Å². The Labute approximate surface area is 85.2 Å². The van der Waals surface area contributed by atoms with Gasteiger partial charge in [-0.3, -0.25) is 0 Å². The lowest BCUT2D eigenvalue weighted by Gasteiger charge is -2.07. The molecule has 4 heteroatoms. The van der Waals surface area contributed by atoms with Crippen LogP contribution < -0.4 is 0 Å². The Morgan fingerprint density at radius 2 is 2.07 bits per heavy atom. The summed E-state index contributed by atoms with van der Waals surface area (Å²) < 4.78 is 9.94. The number of aliphatic hydroxyl groups excluding tert-OH is 1. The lowest BCUT2D eigenvalue weighted by molar-refractivity contribution is -0.150. The van der Waals surface area contributed by atoms with Gasteiger partial charge in [-0.2, -0.15) is 0 Å². The van der Waals surface area contributed by atoms with Gasteiger partial charge in [-0.1, -0.05) is 13.8 Å². The second kappa shape index (κ2) is 8.97. The molecule has 0 aliphatic carbocycles. The summed E-state index contributed by atoms with van der Waals surface area (Å²) in [6.45, 7) is 5.08. The molecule has 0 aromatic rings. The third kappa shape index (κ3) is 9.48. The summed E-state index contributed by atoms with van der Waals surface area (Å²) in [6.07, 6.45) is 1.48. The molecule has 4 nitrogen and oxygen atoms in total. The van der Waals surface area contributed by atoms with Gasteiger partial charge in [0.2, 0.25) is 0 Å². The van der Waals surface area contributed by atoms with E-state index in [0.29, 0.717) is 25.6 Å². The third-order valence-electron chi connectivity index (χ3n) is 1.49. The van der Waals surface area contributed by atoms with Gasteiger partial charge < -0.3 is 14.6 Å². The average molecular weight is 204 g/mol. The van der Waals surface area contributed by atoms with Gasteiger partial charge in [-0.05, 0) is 18.8 Å². The van der Waals surface area contributed by atoms with E-state index in [-0.39, 0.29) is 19.2 Å². The number of hydrogen-bond acceptors (Lipinski definition) is 4. The molecule has 14 heavy (non-hydrogen) atoms. The molecule has 0 aliphatic rings. The van der Waals surface area contributed by atoms with E-state index in [9.17, 15) is 4.79 Å². The Kier molecular flexibility index (Phi) is 8.57. The van der Waals surface area contributed by atoms with Gasteiger partial charge >= 0.3 is 5.97 Å². The van der Waals surface area contributed by atoms with Crippen molar-refractivity contribution in [3.8, 4) is 0 Å². The summed E-state index contributed by atoms with van der Waals surface area (Å²) in [5.41, 5.74) is 0. The van der Waals surface area contributed by atoms with Crippen molar-refractivity contribution in [2.75, 3.05) is 26.4 Å². The lowest BCUT2D eigenvalue weighted by atomic mass is 10.2. The number of carbonyl (C=O) groups is 1. The first kappa shape index (κ1) is 13.4. The van der Waals surface area contributed by atoms with Crippen molar-refractivity contribution in [1.82, 2.24) is 0 Å². The Hall–Kier alpha value is -0.610. The second-order valence-electron chi connectivity index (χ2n) is 3.56. The highest BCUT2D eigenvalue weighted by molar-refractivity contribution is 5.70. The average Bonchev–Trinajstić information content (AvgIpc) is 2.14. The molecular weight excluding hydrogens is 184 g/mol. The third-order valence-corrected chi connectivity index (χ3v) is 1.49. The number of carbonyl (C=O) groups excluding carboxylic acids is 1. The first-order chi connectivity index (χ1) is 6.66. The molecule has 0 unspecified atom stereocenters. The van der Waals surface area contributed by atoms with Crippen molar-refractivity contribution in [3.63, 3.8) is 0 Å². The lowest BCUT2D eigenvalue weighted by Crippen LogP contribution is -2.16. The van der Waals surface area contributed by atoms with E-state index in [4.69, 9.17) is 14.6 Å². The summed E-state index contributed by atoms with van der Waals surface area (Å²) in [7, 11) is 0. The van der Waals surface area contributed by atoms with Crippen LogP contribution in [0.4, 0.5) is 0 Å². The Bertz CT molecular complexity index is 145. The second-order valence-corrected chi connectivity index (χ2v) is 3.56. The van der Waals surface area contributed by atoms with Crippen LogP contribution in [0.3, 0.4) is 0 Å². The first-order valence-electron chi connectivity index (χ1n) is 5.01. The molecule has 0 bridgehead atoms. The predicted molar refractivity (Wildman–Crippen MR) is 52.9 cm³/mol. The van der Waals surface area contributed by atoms with Gasteiger partial charge in [-0.25, -0.2) is 4.79 Å². The maximum Gasteiger partial charge on any atom is 0.332 e. The fraction of sp³-hybridized carbons (Fsp3) is 0.900.